The van der Waals surface area contributed by atoms with E-state index in [0.717, 1.165) is 37.4 Å². The highest BCUT2D eigenvalue weighted by molar-refractivity contribution is 5.77. The van der Waals surface area contributed by atoms with Gasteiger partial charge in [-0.1, -0.05) is 36.4 Å². The number of nitrogens with zero attached hydrogens (tertiary/aromatic N) is 3. The van der Waals surface area contributed by atoms with Gasteiger partial charge in [-0.25, -0.2) is 4.98 Å². The monoisotopic (exact) mass is 392 g/mol. The molecule has 1 aliphatic carbocycles. The molecule has 29 heavy (non-hydrogen) atoms. The Morgan fingerprint density at radius 3 is 2.66 bits per heavy atom. The van der Waals surface area contributed by atoms with Gasteiger partial charge in [-0.2, -0.15) is 0 Å². The number of aryl methyl sites for hydroxylation is 2. The molecule has 5 nitrogen and oxygen atoms in total. The Morgan fingerprint density at radius 2 is 1.93 bits per heavy atom. The lowest BCUT2D eigenvalue weighted by Gasteiger charge is -2.25. The highest BCUT2D eigenvalue weighted by Crippen LogP contribution is 2.25. The quantitative estimate of drug-likeness (QED) is 0.750. The first-order valence-corrected chi connectivity index (χ1v) is 10.3. The van der Waals surface area contributed by atoms with Crippen LogP contribution in [0.15, 0.2) is 42.5 Å². The number of fused-ring (bicyclic) bond motifs is 1. The maximum absolute atomic E-state index is 12.4. The van der Waals surface area contributed by atoms with Gasteiger partial charge < -0.3 is 15.1 Å². The van der Waals surface area contributed by atoms with Gasteiger partial charge in [0.25, 0.3) is 0 Å². The van der Waals surface area contributed by atoms with E-state index in [2.05, 4.69) is 73.5 Å². The maximum atomic E-state index is 12.4. The molecular weight excluding hydrogens is 360 g/mol. The number of pyridine rings is 1. The molecule has 0 fully saturated rings. The number of nitrogens with one attached hydrogen (secondary N) is 1. The van der Waals surface area contributed by atoms with Crippen molar-refractivity contribution in [2.75, 3.05) is 39.1 Å². The molecule has 154 valence electrons. The van der Waals surface area contributed by atoms with E-state index >= 15 is 0 Å². The van der Waals surface area contributed by atoms with Crippen molar-refractivity contribution in [3.63, 3.8) is 0 Å². The van der Waals surface area contributed by atoms with Crippen molar-refractivity contribution in [1.29, 1.82) is 0 Å². The van der Waals surface area contributed by atoms with E-state index in [1.807, 2.05) is 18.2 Å². The van der Waals surface area contributed by atoms with Crippen LogP contribution in [0.3, 0.4) is 0 Å². The number of rotatable bonds is 8. The second-order valence-corrected chi connectivity index (χ2v) is 8.11. The van der Waals surface area contributed by atoms with Gasteiger partial charge in [0, 0.05) is 26.6 Å². The Morgan fingerprint density at radius 1 is 1.17 bits per heavy atom. The highest BCUT2D eigenvalue weighted by Gasteiger charge is 2.20. The van der Waals surface area contributed by atoms with Gasteiger partial charge in [-0.3, -0.25) is 4.79 Å². The van der Waals surface area contributed by atoms with E-state index in [-0.39, 0.29) is 11.9 Å². The van der Waals surface area contributed by atoms with Gasteiger partial charge in [0.1, 0.15) is 5.82 Å². The van der Waals surface area contributed by atoms with Gasteiger partial charge in [0.05, 0.1) is 11.7 Å². The largest absolute Gasteiger partial charge is 0.358 e. The second kappa shape index (κ2) is 9.70. The molecule has 0 radical (unpaired) electrons. The van der Waals surface area contributed by atoms with Crippen LogP contribution in [0.2, 0.25) is 0 Å². The van der Waals surface area contributed by atoms with Crippen molar-refractivity contribution in [1.82, 2.24) is 15.2 Å². The van der Waals surface area contributed by atoms with E-state index in [1.165, 1.54) is 16.7 Å². The minimum Gasteiger partial charge on any atom is -0.358 e. The Labute approximate surface area is 174 Å². The van der Waals surface area contributed by atoms with Crippen LogP contribution in [0.1, 0.15) is 28.8 Å². The number of hydrogen-bond acceptors (Lipinski definition) is 4. The third kappa shape index (κ3) is 5.91. The number of amides is 1. The molecular formula is C24H32N4O. The van der Waals surface area contributed by atoms with Crippen molar-refractivity contribution in [3.8, 4) is 0 Å². The molecule has 1 heterocycles. The fraction of sp³-hybridized carbons (Fsp3) is 0.417. The molecule has 0 aliphatic heterocycles. The van der Waals surface area contributed by atoms with Crippen LogP contribution >= 0.6 is 0 Å². The lowest BCUT2D eigenvalue weighted by molar-refractivity contribution is -0.121. The summed E-state index contributed by atoms with van der Waals surface area (Å²) in [5.41, 5.74) is 4.67. The molecule has 1 amide bonds. The molecule has 3 rings (SSSR count). The smallest absolute Gasteiger partial charge is 0.220 e. The van der Waals surface area contributed by atoms with Crippen molar-refractivity contribution in [3.05, 3.63) is 64.9 Å². The van der Waals surface area contributed by atoms with Crippen LogP contribution in [0.25, 0.3) is 6.08 Å². The van der Waals surface area contributed by atoms with Crippen molar-refractivity contribution in [2.45, 2.75) is 32.2 Å². The first kappa shape index (κ1) is 21.1. The van der Waals surface area contributed by atoms with Crippen LogP contribution < -0.4 is 10.2 Å². The van der Waals surface area contributed by atoms with Crippen molar-refractivity contribution in [2.24, 2.45) is 0 Å². The molecule has 1 N–H and O–H groups in total. The third-order valence-electron chi connectivity index (χ3n) is 5.38. The molecule has 0 saturated carbocycles. The predicted octanol–water partition coefficient (Wildman–Crippen LogP) is 3.07. The number of likely N-dealkylation sites (N-methyl/N-ethyl adjacent to an activating group) is 2. The minimum absolute atomic E-state index is 0.0311. The Hall–Kier alpha value is -2.66. The van der Waals surface area contributed by atoms with E-state index in [0.29, 0.717) is 6.42 Å². The average molecular weight is 393 g/mol. The number of benzene rings is 1. The van der Waals surface area contributed by atoms with Gasteiger partial charge in [-0.05, 0) is 62.7 Å². The summed E-state index contributed by atoms with van der Waals surface area (Å²) in [7, 11) is 6.24. The Kier molecular flexibility index (Phi) is 7.04. The topological polar surface area (TPSA) is 48.5 Å². The first-order chi connectivity index (χ1) is 13.9. The summed E-state index contributed by atoms with van der Waals surface area (Å²) in [6.07, 6.45) is 6.19. The van der Waals surface area contributed by atoms with Crippen LogP contribution in [-0.4, -0.2) is 56.1 Å². The normalized spacial score (nSPS) is 15.3. The lowest BCUT2D eigenvalue weighted by atomic mass is 9.94. The minimum atomic E-state index is 0.0311. The van der Waals surface area contributed by atoms with Gasteiger partial charge in [-0.15, -0.1) is 0 Å². The standard InChI is InChI=1S/C24H32N4O/c1-18-16-23(28(4)15-14-27(2)3)26-22-12-11-20(17-21(18)22)25-24(29)13-10-19-8-6-5-7-9-19/h5-9,11-12,16,20H,10,13-15,17H2,1-4H3,(H,25,29). The molecule has 5 heteroatoms. The van der Waals surface area contributed by atoms with Crippen LogP contribution in [0, 0.1) is 6.92 Å². The van der Waals surface area contributed by atoms with Crippen molar-refractivity contribution < 1.29 is 4.79 Å². The average Bonchev–Trinajstić information content (AvgIpc) is 2.71. The molecule has 0 saturated heterocycles. The number of hydrogen-bond donors (Lipinski definition) is 1. The zero-order valence-corrected chi connectivity index (χ0v) is 18.0. The number of carbonyl (C=O) groups excluding carboxylic acids is 1. The summed E-state index contributed by atoms with van der Waals surface area (Å²) >= 11 is 0. The number of anilines is 1. The molecule has 1 aromatic heterocycles. The van der Waals surface area contributed by atoms with Gasteiger partial charge in [0.15, 0.2) is 0 Å². The molecule has 1 unspecified atom stereocenters. The highest BCUT2D eigenvalue weighted by atomic mass is 16.1. The van der Waals surface area contributed by atoms with Gasteiger partial charge in [0.2, 0.25) is 5.91 Å². The second-order valence-electron chi connectivity index (χ2n) is 8.11. The Balaban J connectivity index is 1.59. The first-order valence-electron chi connectivity index (χ1n) is 10.3. The number of aromatic nitrogens is 1. The molecule has 1 aliphatic rings. The fourth-order valence-electron chi connectivity index (χ4n) is 3.55. The lowest BCUT2D eigenvalue weighted by Crippen LogP contribution is -2.36. The van der Waals surface area contributed by atoms with E-state index in [9.17, 15) is 4.79 Å². The zero-order chi connectivity index (χ0) is 20.8. The van der Waals surface area contributed by atoms with Crippen molar-refractivity contribution >= 4 is 17.8 Å². The molecule has 0 spiro atoms. The summed E-state index contributed by atoms with van der Waals surface area (Å²) in [5.74, 6) is 1.09. The van der Waals surface area contributed by atoms with Crippen LogP contribution in [0.5, 0.6) is 0 Å². The fourth-order valence-corrected chi connectivity index (χ4v) is 3.55. The summed E-state index contributed by atoms with van der Waals surface area (Å²) in [6, 6.07) is 12.3. The van der Waals surface area contributed by atoms with E-state index in [4.69, 9.17) is 4.98 Å². The molecule has 2 aromatic rings. The molecule has 1 aromatic carbocycles. The predicted molar refractivity (Wildman–Crippen MR) is 120 cm³/mol. The molecule has 0 bridgehead atoms. The van der Waals surface area contributed by atoms with E-state index < -0.39 is 0 Å². The summed E-state index contributed by atoms with van der Waals surface area (Å²) in [4.78, 5) is 21.6. The molecule has 1 atom stereocenters. The number of carbonyl (C=O) groups is 1. The Bertz CT molecular complexity index is 861. The van der Waals surface area contributed by atoms with E-state index in [1.54, 1.807) is 0 Å². The summed E-state index contributed by atoms with van der Waals surface area (Å²) < 4.78 is 0. The van der Waals surface area contributed by atoms with Gasteiger partial charge >= 0.3 is 0 Å². The summed E-state index contributed by atoms with van der Waals surface area (Å²) in [5, 5.41) is 3.16. The maximum Gasteiger partial charge on any atom is 0.220 e. The summed E-state index contributed by atoms with van der Waals surface area (Å²) in [6.45, 7) is 4.06. The third-order valence-corrected chi connectivity index (χ3v) is 5.38. The van der Waals surface area contributed by atoms with Crippen LogP contribution in [-0.2, 0) is 17.6 Å². The SMILES string of the molecule is Cc1cc(N(C)CCN(C)C)nc2c1CC(NC(=O)CCc1ccccc1)C=C2. The zero-order valence-electron chi connectivity index (χ0n) is 18.0. The van der Waals surface area contributed by atoms with Crippen LogP contribution in [0.4, 0.5) is 5.82 Å².